The van der Waals surface area contributed by atoms with Crippen molar-refractivity contribution >= 4 is 27.8 Å². The number of rotatable bonds is 4. The first-order chi connectivity index (χ1) is 9.94. The molecule has 5 nitrogen and oxygen atoms in total. The third kappa shape index (κ3) is 3.59. The normalized spacial score (nSPS) is 17.2. The van der Waals surface area contributed by atoms with Gasteiger partial charge in [-0.1, -0.05) is 0 Å². The Labute approximate surface area is 129 Å². The van der Waals surface area contributed by atoms with E-state index in [0.717, 1.165) is 0 Å². The number of aliphatic carboxylic acids is 1. The van der Waals surface area contributed by atoms with Crippen molar-refractivity contribution in [3.8, 4) is 0 Å². The van der Waals surface area contributed by atoms with Crippen molar-refractivity contribution in [3.05, 3.63) is 34.1 Å². The number of benzene rings is 1. The molecule has 1 aromatic carbocycles. The van der Waals surface area contributed by atoms with Crippen LogP contribution in [0.1, 0.15) is 23.2 Å². The molecule has 1 aliphatic heterocycles. The van der Waals surface area contributed by atoms with Gasteiger partial charge in [0.1, 0.15) is 5.82 Å². The molecule has 0 aliphatic carbocycles. The van der Waals surface area contributed by atoms with Gasteiger partial charge >= 0.3 is 5.97 Å². The molecule has 0 radical (unpaired) electrons. The smallest absolute Gasteiger partial charge is 0.311 e. The van der Waals surface area contributed by atoms with E-state index in [0.29, 0.717) is 26.1 Å². The molecule has 2 rings (SSSR count). The Bertz CT molecular complexity index is 558. The molecule has 0 saturated carbocycles. The van der Waals surface area contributed by atoms with E-state index in [9.17, 15) is 19.1 Å². The molecule has 1 amide bonds. The summed E-state index contributed by atoms with van der Waals surface area (Å²) in [6, 6.07) is 3.90. The van der Waals surface area contributed by atoms with Gasteiger partial charge in [-0.15, -0.1) is 0 Å². The van der Waals surface area contributed by atoms with Gasteiger partial charge in [0.15, 0.2) is 0 Å². The number of carbonyl (C=O) groups excluding carboxylic acids is 1. The lowest BCUT2D eigenvalue weighted by molar-refractivity contribution is -0.154. The predicted molar refractivity (Wildman–Crippen MR) is 76.6 cm³/mol. The highest BCUT2D eigenvalue weighted by molar-refractivity contribution is 9.10. The molecule has 1 aliphatic rings. The highest BCUT2D eigenvalue weighted by atomic mass is 79.9. The minimum absolute atomic E-state index is 0.0273. The number of amides is 1. The minimum atomic E-state index is -0.995. The molecule has 114 valence electrons. The van der Waals surface area contributed by atoms with Crippen molar-refractivity contribution in [1.29, 1.82) is 0 Å². The fourth-order valence-corrected chi connectivity index (χ4v) is 2.60. The van der Waals surface area contributed by atoms with E-state index in [1.54, 1.807) is 0 Å². The molecule has 0 bridgehead atoms. The molecule has 1 saturated heterocycles. The van der Waals surface area contributed by atoms with E-state index in [1.165, 1.54) is 18.2 Å². The third-order valence-electron chi connectivity index (χ3n) is 3.67. The van der Waals surface area contributed by atoms with Crippen molar-refractivity contribution in [2.45, 2.75) is 12.8 Å². The van der Waals surface area contributed by atoms with Crippen LogP contribution in [-0.4, -0.2) is 36.7 Å². The van der Waals surface area contributed by atoms with Gasteiger partial charge in [0, 0.05) is 25.3 Å². The number of nitrogens with one attached hydrogen (secondary N) is 1. The van der Waals surface area contributed by atoms with E-state index in [2.05, 4.69) is 21.2 Å². The zero-order valence-corrected chi connectivity index (χ0v) is 12.8. The summed E-state index contributed by atoms with van der Waals surface area (Å²) in [5.74, 6) is -1.83. The number of ether oxygens (including phenoxy) is 1. The van der Waals surface area contributed by atoms with Crippen molar-refractivity contribution in [1.82, 2.24) is 5.32 Å². The van der Waals surface area contributed by atoms with E-state index in [1.807, 2.05) is 0 Å². The van der Waals surface area contributed by atoms with Crippen molar-refractivity contribution in [2.75, 3.05) is 19.8 Å². The number of halogens is 2. The Kier molecular flexibility index (Phi) is 4.95. The fourth-order valence-electron chi connectivity index (χ4n) is 2.22. The summed E-state index contributed by atoms with van der Waals surface area (Å²) in [7, 11) is 0. The first-order valence-corrected chi connectivity index (χ1v) is 7.28. The Hall–Kier alpha value is -1.47. The highest BCUT2D eigenvalue weighted by Crippen LogP contribution is 2.30. The lowest BCUT2D eigenvalue weighted by atomic mass is 9.80. The van der Waals surface area contributed by atoms with E-state index in [4.69, 9.17) is 4.74 Å². The molecule has 1 fully saturated rings. The van der Waals surface area contributed by atoms with Gasteiger partial charge in [-0.2, -0.15) is 0 Å². The number of carboxylic acids is 1. The van der Waals surface area contributed by atoms with Crippen LogP contribution >= 0.6 is 15.9 Å². The number of hydrogen-bond acceptors (Lipinski definition) is 3. The van der Waals surface area contributed by atoms with Gasteiger partial charge < -0.3 is 15.2 Å². The second kappa shape index (κ2) is 6.53. The molecule has 1 aromatic rings. The van der Waals surface area contributed by atoms with Crippen LogP contribution in [0.25, 0.3) is 0 Å². The molecule has 7 heteroatoms. The summed E-state index contributed by atoms with van der Waals surface area (Å²) in [5, 5.41) is 12.0. The zero-order valence-electron chi connectivity index (χ0n) is 11.2. The maximum Gasteiger partial charge on any atom is 0.311 e. The monoisotopic (exact) mass is 359 g/mol. The Morgan fingerprint density at radius 1 is 1.38 bits per heavy atom. The van der Waals surface area contributed by atoms with Gasteiger partial charge in [-0.25, -0.2) is 4.39 Å². The van der Waals surface area contributed by atoms with Crippen LogP contribution < -0.4 is 5.32 Å². The summed E-state index contributed by atoms with van der Waals surface area (Å²) < 4.78 is 18.5. The van der Waals surface area contributed by atoms with Crippen LogP contribution in [0.5, 0.6) is 0 Å². The maximum atomic E-state index is 13.1. The molecule has 0 aromatic heterocycles. The van der Waals surface area contributed by atoms with Crippen LogP contribution in [0.4, 0.5) is 4.39 Å². The third-order valence-corrected chi connectivity index (χ3v) is 4.28. The number of hydrogen-bond donors (Lipinski definition) is 2. The Morgan fingerprint density at radius 2 is 2.05 bits per heavy atom. The minimum Gasteiger partial charge on any atom is -0.481 e. The lowest BCUT2D eigenvalue weighted by Crippen LogP contribution is -2.46. The van der Waals surface area contributed by atoms with Gasteiger partial charge in [-0.05, 0) is 47.0 Å². The van der Waals surface area contributed by atoms with Crippen LogP contribution in [0.2, 0.25) is 0 Å². The average molecular weight is 360 g/mol. The summed E-state index contributed by atoms with van der Waals surface area (Å²) in [6.45, 7) is 0.758. The molecular weight excluding hydrogens is 345 g/mol. The topological polar surface area (TPSA) is 75.6 Å². The summed E-state index contributed by atoms with van der Waals surface area (Å²) >= 11 is 3.01. The highest BCUT2D eigenvalue weighted by Gasteiger charge is 2.40. The van der Waals surface area contributed by atoms with Crippen LogP contribution in [-0.2, 0) is 9.53 Å². The van der Waals surface area contributed by atoms with Crippen LogP contribution in [0.15, 0.2) is 22.7 Å². The largest absolute Gasteiger partial charge is 0.481 e. The second-order valence-corrected chi connectivity index (χ2v) is 5.86. The fraction of sp³-hybridized carbons (Fsp3) is 0.429. The number of carboxylic acid groups (broad SMARTS) is 1. The quantitative estimate of drug-likeness (QED) is 0.863. The Morgan fingerprint density at radius 3 is 2.62 bits per heavy atom. The molecule has 0 unspecified atom stereocenters. The van der Waals surface area contributed by atoms with Crippen LogP contribution in [0, 0.1) is 11.2 Å². The number of carbonyl (C=O) groups is 2. The van der Waals surface area contributed by atoms with Crippen molar-refractivity contribution in [2.24, 2.45) is 5.41 Å². The average Bonchev–Trinajstić information content (AvgIpc) is 2.48. The van der Waals surface area contributed by atoms with Gasteiger partial charge in [-0.3, -0.25) is 9.59 Å². The summed E-state index contributed by atoms with van der Waals surface area (Å²) in [5.41, 5.74) is -0.721. The molecule has 2 N–H and O–H groups in total. The summed E-state index contributed by atoms with van der Waals surface area (Å²) in [4.78, 5) is 23.5. The molecule has 21 heavy (non-hydrogen) atoms. The first kappa shape index (κ1) is 15.9. The SMILES string of the molecule is O=C(NCC1(C(=O)O)CCOCC1)c1ccc(F)c(Br)c1. The zero-order chi connectivity index (χ0) is 15.5. The van der Waals surface area contributed by atoms with Gasteiger partial charge in [0.05, 0.1) is 9.89 Å². The molecule has 1 heterocycles. The summed E-state index contributed by atoms with van der Waals surface area (Å²) in [6.07, 6.45) is 0.714. The van der Waals surface area contributed by atoms with E-state index in [-0.39, 0.29) is 16.6 Å². The molecule has 0 atom stereocenters. The van der Waals surface area contributed by atoms with E-state index >= 15 is 0 Å². The molecular formula is C14H15BrFNO4. The maximum absolute atomic E-state index is 13.1. The first-order valence-electron chi connectivity index (χ1n) is 6.49. The van der Waals surface area contributed by atoms with Gasteiger partial charge in [0.25, 0.3) is 5.91 Å². The predicted octanol–water partition coefficient (Wildman–Crippen LogP) is 2.20. The van der Waals surface area contributed by atoms with Crippen LogP contribution in [0.3, 0.4) is 0 Å². The van der Waals surface area contributed by atoms with Crippen molar-refractivity contribution < 1.29 is 23.8 Å². The van der Waals surface area contributed by atoms with E-state index < -0.39 is 23.1 Å². The van der Waals surface area contributed by atoms with Gasteiger partial charge in [0.2, 0.25) is 0 Å². The van der Waals surface area contributed by atoms with Crippen molar-refractivity contribution in [3.63, 3.8) is 0 Å². The molecule has 0 spiro atoms. The second-order valence-electron chi connectivity index (χ2n) is 5.01. The lowest BCUT2D eigenvalue weighted by Gasteiger charge is -2.33. The Balaban J connectivity index is 2.05. The standard InChI is InChI=1S/C14H15BrFNO4/c15-10-7-9(1-2-11(10)16)12(18)17-8-14(13(19)20)3-5-21-6-4-14/h1-2,7H,3-6,8H2,(H,17,18)(H,19,20).